The zero-order valence-corrected chi connectivity index (χ0v) is 19.7. The molecule has 1 unspecified atom stereocenters. The van der Waals surface area contributed by atoms with Crippen molar-refractivity contribution >= 4 is 46.8 Å². The van der Waals surface area contributed by atoms with Gasteiger partial charge >= 0.3 is 0 Å². The summed E-state index contributed by atoms with van der Waals surface area (Å²) >= 11 is 0. The summed E-state index contributed by atoms with van der Waals surface area (Å²) in [6.07, 6.45) is 3.54. The van der Waals surface area contributed by atoms with Gasteiger partial charge in [-0.05, 0) is 31.4 Å². The summed E-state index contributed by atoms with van der Waals surface area (Å²) in [5.74, 6) is 1.49. The quantitative estimate of drug-likeness (QED) is 0.365. The van der Waals surface area contributed by atoms with E-state index in [1.54, 1.807) is 19.0 Å². The molecule has 1 aromatic carbocycles. The van der Waals surface area contributed by atoms with E-state index in [1.807, 2.05) is 42.3 Å². The maximum Gasteiger partial charge on any atom is 0.243 e. The predicted octanol–water partition coefficient (Wildman–Crippen LogP) is 3.09. The first-order valence-electron chi connectivity index (χ1n) is 9.81. The van der Waals surface area contributed by atoms with Crippen LogP contribution in [0.15, 0.2) is 39.7 Å². The standard InChI is InChI=1S/C21H30N4O3.HI/c1-24(2)20(26)14-23-21(22-13-17-9-6-7-11-27-17)25(3)15-18-12-16-8-4-5-10-19(16)28-18;/h4-5,8,10,12,17H,6-7,9,11,13-15H2,1-3H3,(H,22,23);1H. The molecule has 2 aromatic rings. The maximum absolute atomic E-state index is 12.0. The van der Waals surface area contributed by atoms with Gasteiger partial charge in [0.25, 0.3) is 0 Å². The van der Waals surface area contributed by atoms with Crippen LogP contribution in [0, 0.1) is 0 Å². The van der Waals surface area contributed by atoms with Gasteiger partial charge in [-0.1, -0.05) is 18.2 Å². The topological polar surface area (TPSA) is 70.3 Å². The summed E-state index contributed by atoms with van der Waals surface area (Å²) in [7, 11) is 5.42. The highest BCUT2D eigenvalue weighted by Crippen LogP contribution is 2.19. The van der Waals surface area contributed by atoms with Gasteiger partial charge < -0.3 is 24.3 Å². The summed E-state index contributed by atoms with van der Waals surface area (Å²) in [4.78, 5) is 20.0. The second-order valence-corrected chi connectivity index (χ2v) is 7.40. The van der Waals surface area contributed by atoms with E-state index in [0.29, 0.717) is 19.0 Å². The number of para-hydroxylation sites is 1. The van der Waals surface area contributed by atoms with E-state index in [9.17, 15) is 4.79 Å². The summed E-state index contributed by atoms with van der Waals surface area (Å²) in [5, 5.41) is 4.46. The number of fused-ring (bicyclic) bond motifs is 1. The number of likely N-dealkylation sites (N-methyl/N-ethyl adjacent to an activating group) is 1. The van der Waals surface area contributed by atoms with Crippen LogP contribution in [-0.2, 0) is 16.1 Å². The van der Waals surface area contributed by atoms with E-state index in [0.717, 1.165) is 36.2 Å². The summed E-state index contributed by atoms with van der Waals surface area (Å²) < 4.78 is 11.7. The molecule has 1 aliphatic rings. The minimum Gasteiger partial charge on any atom is -0.459 e. The molecule has 0 radical (unpaired) electrons. The molecule has 1 amide bonds. The average molecular weight is 514 g/mol. The van der Waals surface area contributed by atoms with Gasteiger partial charge in [-0.25, -0.2) is 4.99 Å². The smallest absolute Gasteiger partial charge is 0.243 e. The van der Waals surface area contributed by atoms with Crippen molar-refractivity contribution < 1.29 is 13.9 Å². The lowest BCUT2D eigenvalue weighted by Crippen LogP contribution is -2.43. The molecule has 3 rings (SSSR count). The number of carbonyl (C=O) groups is 1. The van der Waals surface area contributed by atoms with Crippen molar-refractivity contribution in [3.8, 4) is 0 Å². The van der Waals surface area contributed by atoms with Crippen LogP contribution in [0.4, 0.5) is 0 Å². The normalized spacial score (nSPS) is 16.9. The Bertz CT molecular complexity index is 782. The Balaban J connectivity index is 0.00000300. The average Bonchev–Trinajstić information content (AvgIpc) is 3.10. The molecule has 7 nitrogen and oxygen atoms in total. The Hall–Kier alpha value is -1.81. The molecule has 1 atom stereocenters. The first-order valence-corrected chi connectivity index (χ1v) is 9.81. The van der Waals surface area contributed by atoms with Crippen LogP contribution in [0.2, 0.25) is 0 Å². The molecule has 0 spiro atoms. The number of hydrogen-bond acceptors (Lipinski definition) is 4. The number of benzene rings is 1. The van der Waals surface area contributed by atoms with Crippen molar-refractivity contribution in [2.45, 2.75) is 31.9 Å². The number of nitrogens with zero attached hydrogens (tertiary/aromatic N) is 3. The predicted molar refractivity (Wildman–Crippen MR) is 126 cm³/mol. The van der Waals surface area contributed by atoms with Crippen LogP contribution in [0.3, 0.4) is 0 Å². The first kappa shape index (κ1) is 23.5. The van der Waals surface area contributed by atoms with Gasteiger partial charge in [0, 0.05) is 39.7 Å². The number of hydrogen-bond donors (Lipinski definition) is 1. The minimum atomic E-state index is -0.0367. The van der Waals surface area contributed by atoms with Crippen molar-refractivity contribution in [1.82, 2.24) is 15.1 Å². The highest BCUT2D eigenvalue weighted by atomic mass is 127. The van der Waals surface area contributed by atoms with E-state index in [-0.39, 0.29) is 42.5 Å². The third-order valence-corrected chi connectivity index (χ3v) is 4.86. The number of rotatable bonds is 6. The Morgan fingerprint density at radius 2 is 2.03 bits per heavy atom. The molecule has 0 aliphatic carbocycles. The molecular formula is C21H31IN4O3. The third-order valence-electron chi connectivity index (χ3n) is 4.86. The summed E-state index contributed by atoms with van der Waals surface area (Å²) in [6.45, 7) is 2.15. The molecule has 29 heavy (non-hydrogen) atoms. The molecule has 1 fully saturated rings. The molecule has 1 aliphatic heterocycles. The van der Waals surface area contributed by atoms with Crippen molar-refractivity contribution in [2.75, 3.05) is 40.8 Å². The van der Waals surface area contributed by atoms with Gasteiger partial charge in [-0.2, -0.15) is 0 Å². The molecule has 2 heterocycles. The lowest BCUT2D eigenvalue weighted by molar-refractivity contribution is -0.127. The summed E-state index contributed by atoms with van der Waals surface area (Å²) in [6, 6.07) is 9.99. The Morgan fingerprint density at radius 1 is 1.24 bits per heavy atom. The second kappa shape index (κ2) is 11.4. The summed E-state index contributed by atoms with van der Waals surface area (Å²) in [5.41, 5.74) is 0.871. The lowest BCUT2D eigenvalue weighted by Gasteiger charge is -2.26. The van der Waals surface area contributed by atoms with Crippen LogP contribution in [0.5, 0.6) is 0 Å². The molecule has 0 bridgehead atoms. The van der Waals surface area contributed by atoms with Crippen LogP contribution in [0.1, 0.15) is 25.0 Å². The van der Waals surface area contributed by atoms with Crippen molar-refractivity contribution in [2.24, 2.45) is 4.99 Å². The SMILES string of the molecule is CN(C)C(=O)CN=C(NCC1CCCCO1)N(C)Cc1cc2ccccc2o1.I. The van der Waals surface area contributed by atoms with E-state index in [4.69, 9.17) is 9.15 Å². The van der Waals surface area contributed by atoms with Gasteiger partial charge in [0.05, 0.1) is 12.6 Å². The zero-order chi connectivity index (χ0) is 19.9. The number of carbonyl (C=O) groups excluding carboxylic acids is 1. The van der Waals surface area contributed by atoms with E-state index in [1.165, 1.54) is 6.42 Å². The van der Waals surface area contributed by atoms with Gasteiger partial charge in [0.2, 0.25) is 5.91 Å². The number of furan rings is 1. The Kier molecular flexibility index (Phi) is 9.22. The number of halogens is 1. The molecule has 1 aromatic heterocycles. The molecule has 160 valence electrons. The molecule has 1 saturated heterocycles. The largest absolute Gasteiger partial charge is 0.459 e. The fourth-order valence-corrected chi connectivity index (χ4v) is 3.19. The highest BCUT2D eigenvalue weighted by molar-refractivity contribution is 14.0. The molecule has 8 heteroatoms. The zero-order valence-electron chi connectivity index (χ0n) is 17.4. The van der Waals surface area contributed by atoms with Crippen LogP contribution in [-0.4, -0.2) is 68.6 Å². The number of amides is 1. The number of aliphatic imine (C=N–C) groups is 1. The Morgan fingerprint density at radius 3 is 2.72 bits per heavy atom. The molecule has 1 N–H and O–H groups in total. The molecular weight excluding hydrogens is 483 g/mol. The van der Waals surface area contributed by atoms with Crippen LogP contribution in [0.25, 0.3) is 11.0 Å². The van der Waals surface area contributed by atoms with E-state index >= 15 is 0 Å². The van der Waals surface area contributed by atoms with Crippen LogP contribution >= 0.6 is 24.0 Å². The van der Waals surface area contributed by atoms with E-state index < -0.39 is 0 Å². The Labute approximate surface area is 189 Å². The van der Waals surface area contributed by atoms with Gasteiger partial charge in [0.1, 0.15) is 17.9 Å². The van der Waals surface area contributed by atoms with Crippen LogP contribution < -0.4 is 5.32 Å². The second-order valence-electron chi connectivity index (χ2n) is 7.40. The van der Waals surface area contributed by atoms with Crippen molar-refractivity contribution in [1.29, 1.82) is 0 Å². The van der Waals surface area contributed by atoms with Gasteiger partial charge in [-0.3, -0.25) is 4.79 Å². The third kappa shape index (κ3) is 6.88. The number of ether oxygens (including phenoxy) is 1. The first-order chi connectivity index (χ1) is 13.5. The van der Waals surface area contributed by atoms with Gasteiger partial charge in [-0.15, -0.1) is 24.0 Å². The maximum atomic E-state index is 12.0. The monoisotopic (exact) mass is 514 g/mol. The fraction of sp³-hybridized carbons (Fsp3) is 0.524. The fourth-order valence-electron chi connectivity index (χ4n) is 3.19. The van der Waals surface area contributed by atoms with Crippen molar-refractivity contribution in [3.05, 3.63) is 36.1 Å². The van der Waals surface area contributed by atoms with Crippen molar-refractivity contribution in [3.63, 3.8) is 0 Å². The number of guanidine groups is 1. The lowest BCUT2D eigenvalue weighted by atomic mass is 10.1. The van der Waals surface area contributed by atoms with Gasteiger partial charge in [0.15, 0.2) is 5.96 Å². The molecule has 0 saturated carbocycles. The highest BCUT2D eigenvalue weighted by Gasteiger charge is 2.17. The minimum absolute atomic E-state index is 0. The number of nitrogens with one attached hydrogen (secondary N) is 1. The van der Waals surface area contributed by atoms with E-state index in [2.05, 4.69) is 10.3 Å².